The van der Waals surface area contributed by atoms with E-state index >= 15 is 0 Å². The van der Waals surface area contributed by atoms with Gasteiger partial charge in [-0.15, -0.1) is 0 Å². The molecule has 0 saturated carbocycles. The van der Waals surface area contributed by atoms with Crippen LogP contribution in [0.15, 0.2) is 47.5 Å². The van der Waals surface area contributed by atoms with Gasteiger partial charge in [0.1, 0.15) is 17.7 Å². The van der Waals surface area contributed by atoms with Gasteiger partial charge in [-0.05, 0) is 50.5 Å². The number of hydrogen-bond donors (Lipinski definition) is 1. The SMILES string of the molecule is Cc1cccc(C)c1OC1CCN(C(=O)CCc2c(C)nc(-c3ccncc3)[nH]c2=O)CC1. The Bertz CT molecular complexity index is 1160. The normalized spacial score (nSPS) is 14.3. The highest BCUT2D eigenvalue weighted by Crippen LogP contribution is 2.26. The predicted molar refractivity (Wildman–Crippen MR) is 127 cm³/mol. The van der Waals surface area contributed by atoms with Crippen LogP contribution in [0, 0.1) is 20.8 Å². The molecule has 7 heteroatoms. The van der Waals surface area contributed by atoms with Crippen LogP contribution in [0.3, 0.4) is 0 Å². The Labute approximate surface area is 193 Å². The largest absolute Gasteiger partial charge is 0.490 e. The monoisotopic (exact) mass is 446 g/mol. The molecule has 3 aromatic rings. The van der Waals surface area contributed by atoms with Gasteiger partial charge in [-0.2, -0.15) is 0 Å². The molecule has 0 aliphatic carbocycles. The molecule has 3 heterocycles. The maximum Gasteiger partial charge on any atom is 0.254 e. The van der Waals surface area contributed by atoms with Gasteiger partial charge in [0.15, 0.2) is 0 Å². The van der Waals surface area contributed by atoms with Gasteiger partial charge in [-0.3, -0.25) is 14.6 Å². The molecule has 7 nitrogen and oxygen atoms in total. The molecule has 1 saturated heterocycles. The summed E-state index contributed by atoms with van der Waals surface area (Å²) in [4.78, 5) is 38.7. The van der Waals surface area contributed by atoms with E-state index in [-0.39, 0.29) is 17.6 Å². The summed E-state index contributed by atoms with van der Waals surface area (Å²) in [6, 6.07) is 9.75. The Morgan fingerprint density at radius 1 is 1.09 bits per heavy atom. The molecular formula is C26H30N4O3. The number of likely N-dealkylation sites (tertiary alicyclic amines) is 1. The van der Waals surface area contributed by atoms with Crippen molar-refractivity contribution in [2.75, 3.05) is 13.1 Å². The van der Waals surface area contributed by atoms with Crippen molar-refractivity contribution in [2.45, 2.75) is 52.6 Å². The summed E-state index contributed by atoms with van der Waals surface area (Å²) in [5, 5.41) is 0. The van der Waals surface area contributed by atoms with Crippen molar-refractivity contribution in [3.05, 3.63) is 75.5 Å². The van der Waals surface area contributed by atoms with Crippen molar-refractivity contribution < 1.29 is 9.53 Å². The van der Waals surface area contributed by atoms with Gasteiger partial charge in [0.2, 0.25) is 5.91 Å². The Balaban J connectivity index is 1.32. The lowest BCUT2D eigenvalue weighted by molar-refractivity contribution is -0.132. The molecule has 1 fully saturated rings. The lowest BCUT2D eigenvalue weighted by Gasteiger charge is -2.33. The van der Waals surface area contributed by atoms with E-state index in [0.717, 1.165) is 35.3 Å². The van der Waals surface area contributed by atoms with Crippen LogP contribution in [0.2, 0.25) is 0 Å². The van der Waals surface area contributed by atoms with E-state index in [0.29, 0.717) is 43.0 Å². The molecule has 2 aromatic heterocycles. The van der Waals surface area contributed by atoms with Crippen LogP contribution < -0.4 is 10.3 Å². The number of carbonyl (C=O) groups is 1. The Hall–Kier alpha value is -3.48. The van der Waals surface area contributed by atoms with Crippen molar-refractivity contribution in [3.8, 4) is 17.1 Å². The predicted octanol–water partition coefficient (Wildman–Crippen LogP) is 3.76. The number of aromatic amines is 1. The number of aromatic nitrogens is 3. The average Bonchev–Trinajstić information content (AvgIpc) is 2.82. The van der Waals surface area contributed by atoms with Crippen LogP contribution in [-0.2, 0) is 11.2 Å². The third-order valence-electron chi connectivity index (χ3n) is 6.25. The van der Waals surface area contributed by atoms with Crippen LogP contribution in [0.25, 0.3) is 11.4 Å². The Morgan fingerprint density at radius 3 is 2.39 bits per heavy atom. The van der Waals surface area contributed by atoms with Crippen molar-refractivity contribution in [3.63, 3.8) is 0 Å². The quantitative estimate of drug-likeness (QED) is 0.623. The number of nitrogens with zero attached hydrogens (tertiary/aromatic N) is 3. The number of pyridine rings is 1. The molecule has 1 amide bonds. The van der Waals surface area contributed by atoms with Crippen LogP contribution in [-0.4, -0.2) is 45.0 Å². The van der Waals surface area contributed by atoms with Crippen molar-refractivity contribution in [2.24, 2.45) is 0 Å². The summed E-state index contributed by atoms with van der Waals surface area (Å²) < 4.78 is 6.26. The fraction of sp³-hybridized carbons (Fsp3) is 0.385. The maximum absolute atomic E-state index is 12.8. The second kappa shape index (κ2) is 9.98. The number of benzene rings is 1. The first kappa shape index (κ1) is 22.7. The van der Waals surface area contributed by atoms with Gasteiger partial charge in [0.05, 0.1) is 0 Å². The zero-order valence-corrected chi connectivity index (χ0v) is 19.4. The minimum Gasteiger partial charge on any atom is -0.490 e. The number of piperidine rings is 1. The summed E-state index contributed by atoms with van der Waals surface area (Å²) in [7, 11) is 0. The summed E-state index contributed by atoms with van der Waals surface area (Å²) >= 11 is 0. The zero-order valence-electron chi connectivity index (χ0n) is 19.4. The van der Waals surface area contributed by atoms with Gasteiger partial charge in [-0.25, -0.2) is 4.98 Å². The van der Waals surface area contributed by atoms with Gasteiger partial charge in [-0.1, -0.05) is 18.2 Å². The molecule has 1 aliphatic rings. The summed E-state index contributed by atoms with van der Waals surface area (Å²) in [6.07, 6.45) is 5.72. The zero-order chi connectivity index (χ0) is 23.4. The third kappa shape index (κ3) is 5.30. The number of H-pyrrole nitrogens is 1. The Morgan fingerprint density at radius 2 is 1.76 bits per heavy atom. The number of hydrogen-bond acceptors (Lipinski definition) is 5. The molecular weight excluding hydrogens is 416 g/mol. The first-order valence-electron chi connectivity index (χ1n) is 11.4. The number of aryl methyl sites for hydroxylation is 3. The fourth-order valence-electron chi connectivity index (χ4n) is 4.32. The van der Waals surface area contributed by atoms with E-state index < -0.39 is 0 Å². The highest BCUT2D eigenvalue weighted by molar-refractivity contribution is 5.76. The third-order valence-corrected chi connectivity index (χ3v) is 6.25. The number of para-hydroxylation sites is 1. The van der Waals surface area contributed by atoms with Gasteiger partial charge in [0, 0.05) is 61.6 Å². The lowest BCUT2D eigenvalue weighted by Crippen LogP contribution is -2.42. The highest BCUT2D eigenvalue weighted by atomic mass is 16.5. The second-order valence-corrected chi connectivity index (χ2v) is 8.63. The molecule has 4 rings (SSSR count). The Kier molecular flexibility index (Phi) is 6.87. The second-order valence-electron chi connectivity index (χ2n) is 8.63. The molecule has 0 unspecified atom stereocenters. The minimum absolute atomic E-state index is 0.0672. The van der Waals surface area contributed by atoms with Gasteiger partial charge >= 0.3 is 0 Å². The molecule has 0 bridgehead atoms. The summed E-state index contributed by atoms with van der Waals surface area (Å²) in [5.74, 6) is 1.54. The number of carbonyl (C=O) groups excluding carboxylic acids is 1. The number of nitrogens with one attached hydrogen (secondary N) is 1. The summed E-state index contributed by atoms with van der Waals surface area (Å²) in [6.45, 7) is 7.27. The topological polar surface area (TPSA) is 88.2 Å². The molecule has 33 heavy (non-hydrogen) atoms. The van der Waals surface area contributed by atoms with E-state index in [4.69, 9.17) is 4.74 Å². The maximum atomic E-state index is 12.8. The van der Waals surface area contributed by atoms with Crippen molar-refractivity contribution in [1.29, 1.82) is 0 Å². The van der Waals surface area contributed by atoms with Gasteiger partial charge in [0.25, 0.3) is 5.56 Å². The molecule has 1 aliphatic heterocycles. The molecule has 1 aromatic carbocycles. The summed E-state index contributed by atoms with van der Waals surface area (Å²) in [5.41, 5.74) is 4.10. The smallest absolute Gasteiger partial charge is 0.254 e. The average molecular weight is 447 g/mol. The van der Waals surface area contributed by atoms with Crippen LogP contribution in [0.1, 0.15) is 41.6 Å². The standard InChI is InChI=1S/C26H30N4O3/c1-17-5-4-6-18(2)24(17)33-21-11-15-30(16-12-21)23(31)8-7-22-19(3)28-25(29-26(22)32)20-9-13-27-14-10-20/h4-6,9-10,13-14,21H,7-8,11-12,15-16H2,1-3H3,(H,28,29,32). The lowest BCUT2D eigenvalue weighted by atomic mass is 10.0. The molecule has 0 spiro atoms. The first-order valence-corrected chi connectivity index (χ1v) is 11.4. The molecule has 172 valence electrons. The van der Waals surface area contributed by atoms with E-state index in [1.807, 2.05) is 17.9 Å². The van der Waals surface area contributed by atoms with Crippen molar-refractivity contribution >= 4 is 5.91 Å². The van der Waals surface area contributed by atoms with E-state index in [1.54, 1.807) is 24.5 Å². The number of amides is 1. The van der Waals surface area contributed by atoms with Gasteiger partial charge < -0.3 is 14.6 Å². The number of rotatable bonds is 6. The number of ether oxygens (including phenoxy) is 1. The van der Waals surface area contributed by atoms with Crippen LogP contribution in [0.5, 0.6) is 5.75 Å². The highest BCUT2D eigenvalue weighted by Gasteiger charge is 2.25. The molecule has 1 N–H and O–H groups in total. The van der Waals surface area contributed by atoms with E-state index in [1.165, 1.54) is 0 Å². The van der Waals surface area contributed by atoms with Crippen molar-refractivity contribution in [1.82, 2.24) is 19.9 Å². The fourth-order valence-corrected chi connectivity index (χ4v) is 4.32. The van der Waals surface area contributed by atoms with E-state index in [9.17, 15) is 9.59 Å². The molecule has 0 atom stereocenters. The van der Waals surface area contributed by atoms with E-state index in [2.05, 4.69) is 40.9 Å². The minimum atomic E-state index is -0.192. The van der Waals surface area contributed by atoms with Crippen LogP contribution in [0.4, 0.5) is 0 Å². The molecule has 0 radical (unpaired) electrons. The first-order chi connectivity index (χ1) is 15.9. The van der Waals surface area contributed by atoms with Crippen LogP contribution >= 0.6 is 0 Å².